The molecule has 43 valence electrons. The zero-order valence-corrected chi connectivity index (χ0v) is 5.23. The first-order valence-corrected chi connectivity index (χ1v) is 2.61. The Morgan fingerprint density at radius 1 is 1.57 bits per heavy atom. The molecule has 0 aromatic heterocycles. The summed E-state index contributed by atoms with van der Waals surface area (Å²) in [5.74, 6) is 0. The molecule has 7 heavy (non-hydrogen) atoms. The van der Waals surface area contributed by atoms with Crippen molar-refractivity contribution in [3.05, 3.63) is 6.61 Å². The number of hydrogen-bond acceptors (Lipinski definition) is 1. The zero-order valence-electron chi connectivity index (χ0n) is 5.23. The van der Waals surface area contributed by atoms with Gasteiger partial charge in [-0.2, -0.15) is 0 Å². The molecule has 0 aliphatic heterocycles. The van der Waals surface area contributed by atoms with E-state index in [0.29, 0.717) is 0 Å². The summed E-state index contributed by atoms with van der Waals surface area (Å²) in [6.07, 6.45) is 0.990. The summed E-state index contributed by atoms with van der Waals surface area (Å²) in [6, 6.07) is 0. The smallest absolute Gasteiger partial charge is 0.0855 e. The molecule has 0 heterocycles. The molecule has 0 bridgehead atoms. The summed E-state index contributed by atoms with van der Waals surface area (Å²) in [6.45, 7) is 7.28. The Morgan fingerprint density at radius 2 is 2.00 bits per heavy atom. The third-order valence-electron chi connectivity index (χ3n) is 1.26. The second-order valence-electron chi connectivity index (χ2n) is 2.47. The number of rotatable bonds is 2. The second-order valence-corrected chi connectivity index (χ2v) is 2.47. The molecule has 0 aromatic rings. The van der Waals surface area contributed by atoms with Crippen molar-refractivity contribution in [1.29, 1.82) is 0 Å². The molecule has 0 rings (SSSR count). The van der Waals surface area contributed by atoms with Gasteiger partial charge in [0.1, 0.15) is 0 Å². The number of hydrogen-bond donors (Lipinski definition) is 1. The second kappa shape index (κ2) is 2.31. The van der Waals surface area contributed by atoms with Crippen LogP contribution in [-0.4, -0.2) is 5.11 Å². The third-order valence-corrected chi connectivity index (χ3v) is 1.26. The molecule has 0 aliphatic carbocycles. The maximum Gasteiger partial charge on any atom is 0.0855 e. The number of aliphatic hydroxyl groups excluding tert-OH is 1. The molecular weight excluding hydrogens is 88.1 g/mol. The van der Waals surface area contributed by atoms with E-state index in [0.717, 1.165) is 6.42 Å². The first-order valence-electron chi connectivity index (χ1n) is 2.61. The monoisotopic (exact) mass is 101 g/mol. The van der Waals surface area contributed by atoms with Crippen molar-refractivity contribution >= 4 is 0 Å². The molecule has 1 nitrogen and oxygen atoms in total. The van der Waals surface area contributed by atoms with Gasteiger partial charge in [-0.1, -0.05) is 20.8 Å². The van der Waals surface area contributed by atoms with Gasteiger partial charge in [-0.25, -0.2) is 0 Å². The summed E-state index contributed by atoms with van der Waals surface area (Å²) in [7, 11) is 0. The predicted octanol–water partition coefficient (Wildman–Crippen LogP) is 1.96. The van der Waals surface area contributed by atoms with Gasteiger partial charge in [0.25, 0.3) is 0 Å². The normalized spacial score (nSPS) is 12.0. The van der Waals surface area contributed by atoms with Crippen molar-refractivity contribution in [2.24, 2.45) is 5.41 Å². The van der Waals surface area contributed by atoms with Crippen molar-refractivity contribution in [2.45, 2.75) is 27.2 Å². The molecule has 1 heteroatoms. The minimum atomic E-state index is 0.0139. The van der Waals surface area contributed by atoms with Crippen LogP contribution in [0.3, 0.4) is 0 Å². The van der Waals surface area contributed by atoms with Crippen LogP contribution in [0.1, 0.15) is 27.2 Å². The molecule has 0 aliphatic rings. The van der Waals surface area contributed by atoms with Crippen LogP contribution in [0, 0.1) is 12.0 Å². The molecule has 0 atom stereocenters. The highest BCUT2D eigenvalue weighted by atomic mass is 16.3. The van der Waals surface area contributed by atoms with E-state index in [2.05, 4.69) is 0 Å². The summed E-state index contributed by atoms with van der Waals surface area (Å²) < 4.78 is 0. The van der Waals surface area contributed by atoms with Crippen LogP contribution in [0.5, 0.6) is 0 Å². The lowest BCUT2D eigenvalue weighted by molar-refractivity contribution is 0.237. The number of aliphatic hydroxyl groups is 1. The quantitative estimate of drug-likeness (QED) is 0.563. The Kier molecular flexibility index (Phi) is 2.30. The summed E-state index contributed by atoms with van der Waals surface area (Å²) >= 11 is 0. The van der Waals surface area contributed by atoms with Crippen LogP contribution in [0.25, 0.3) is 0 Å². The predicted molar refractivity (Wildman–Crippen MR) is 30.3 cm³/mol. The summed E-state index contributed by atoms with van der Waals surface area (Å²) in [5.41, 5.74) is 0.0139. The van der Waals surface area contributed by atoms with Crippen LogP contribution in [0.4, 0.5) is 0 Å². The SMILES string of the molecule is CCC(C)(C)[CH]O. The van der Waals surface area contributed by atoms with Crippen LogP contribution in [0.15, 0.2) is 0 Å². The van der Waals surface area contributed by atoms with Gasteiger partial charge in [-0.05, 0) is 11.8 Å². The Balaban J connectivity index is 3.36. The maximum atomic E-state index is 8.47. The van der Waals surface area contributed by atoms with Crippen LogP contribution in [0.2, 0.25) is 0 Å². The van der Waals surface area contributed by atoms with Crippen molar-refractivity contribution in [1.82, 2.24) is 0 Å². The first-order chi connectivity index (χ1) is 3.12. The van der Waals surface area contributed by atoms with Gasteiger partial charge in [-0.15, -0.1) is 0 Å². The van der Waals surface area contributed by atoms with E-state index in [1.807, 2.05) is 20.8 Å². The van der Waals surface area contributed by atoms with E-state index in [1.54, 1.807) is 0 Å². The minimum Gasteiger partial charge on any atom is -0.390 e. The molecule has 0 saturated carbocycles. The van der Waals surface area contributed by atoms with Crippen molar-refractivity contribution in [3.63, 3.8) is 0 Å². The Bertz CT molecular complexity index is 42.1. The lowest BCUT2D eigenvalue weighted by Crippen LogP contribution is -2.08. The largest absolute Gasteiger partial charge is 0.390 e. The van der Waals surface area contributed by atoms with E-state index in [4.69, 9.17) is 5.11 Å². The van der Waals surface area contributed by atoms with Crippen molar-refractivity contribution in [3.8, 4) is 0 Å². The summed E-state index contributed by atoms with van der Waals surface area (Å²) in [5, 5.41) is 8.47. The van der Waals surface area contributed by atoms with E-state index in [1.165, 1.54) is 6.61 Å². The van der Waals surface area contributed by atoms with Crippen molar-refractivity contribution in [2.75, 3.05) is 0 Å². The molecule has 0 fully saturated rings. The fourth-order valence-corrected chi connectivity index (χ4v) is 0.0913. The van der Waals surface area contributed by atoms with Gasteiger partial charge in [-0.3, -0.25) is 0 Å². The van der Waals surface area contributed by atoms with Gasteiger partial charge >= 0.3 is 0 Å². The van der Waals surface area contributed by atoms with Crippen molar-refractivity contribution < 1.29 is 5.11 Å². The zero-order chi connectivity index (χ0) is 5.91. The highest BCUT2D eigenvalue weighted by Crippen LogP contribution is 2.20. The standard InChI is InChI=1S/C6H13O/c1-4-6(2,3)5-7/h5,7H,4H2,1-3H3. The van der Waals surface area contributed by atoms with Gasteiger partial charge < -0.3 is 5.11 Å². The molecular formula is C6H13O. The Labute approximate surface area is 45.4 Å². The van der Waals surface area contributed by atoms with E-state index >= 15 is 0 Å². The average Bonchev–Trinajstić information content (AvgIpc) is 1.68. The fourth-order valence-electron chi connectivity index (χ4n) is 0.0913. The van der Waals surface area contributed by atoms with E-state index < -0.39 is 0 Å². The fraction of sp³-hybridized carbons (Fsp3) is 0.833. The minimum absolute atomic E-state index is 0.0139. The van der Waals surface area contributed by atoms with Crippen LogP contribution < -0.4 is 0 Å². The van der Waals surface area contributed by atoms with Gasteiger partial charge in [0.15, 0.2) is 0 Å². The van der Waals surface area contributed by atoms with Gasteiger partial charge in [0.05, 0.1) is 6.61 Å². The van der Waals surface area contributed by atoms with Gasteiger partial charge in [0, 0.05) is 0 Å². The Morgan fingerprint density at radius 3 is 2.00 bits per heavy atom. The van der Waals surface area contributed by atoms with Crippen LogP contribution in [-0.2, 0) is 0 Å². The molecule has 0 spiro atoms. The molecule has 1 N–H and O–H groups in total. The molecule has 0 amide bonds. The average molecular weight is 101 g/mol. The molecule has 0 unspecified atom stereocenters. The third kappa shape index (κ3) is 2.63. The highest BCUT2D eigenvalue weighted by molar-refractivity contribution is 4.72. The Hall–Kier alpha value is -0.0400. The maximum absolute atomic E-state index is 8.47. The van der Waals surface area contributed by atoms with E-state index in [-0.39, 0.29) is 5.41 Å². The summed E-state index contributed by atoms with van der Waals surface area (Å²) in [4.78, 5) is 0. The molecule has 0 aromatic carbocycles. The molecule has 1 radical (unpaired) electrons. The lowest BCUT2D eigenvalue weighted by atomic mass is 9.92. The molecule has 0 saturated heterocycles. The topological polar surface area (TPSA) is 20.2 Å². The first kappa shape index (κ1) is 6.96. The highest BCUT2D eigenvalue weighted by Gasteiger charge is 2.12. The van der Waals surface area contributed by atoms with E-state index in [9.17, 15) is 0 Å². The lowest BCUT2D eigenvalue weighted by Gasteiger charge is -2.16. The van der Waals surface area contributed by atoms with Gasteiger partial charge in [0.2, 0.25) is 0 Å². The van der Waals surface area contributed by atoms with Crippen LogP contribution >= 0.6 is 0 Å².